The van der Waals surface area contributed by atoms with Crippen molar-refractivity contribution in [2.75, 3.05) is 17.1 Å². The zero-order valence-corrected chi connectivity index (χ0v) is 21.6. The summed E-state index contributed by atoms with van der Waals surface area (Å²) in [4.78, 5) is 27.6. The Morgan fingerprint density at radius 3 is 2.29 bits per heavy atom. The van der Waals surface area contributed by atoms with Gasteiger partial charge in [0.25, 0.3) is 0 Å². The van der Waals surface area contributed by atoms with Crippen molar-refractivity contribution in [2.24, 2.45) is 0 Å². The Hall–Kier alpha value is -2.65. The highest BCUT2D eigenvalue weighted by molar-refractivity contribution is 7.92. The first-order valence-electron chi connectivity index (χ1n) is 10.9. The SMILES string of the molecule is CC[C@@H](C)NC(=O)[C@H](C)N(Cc1ccc(F)cc1)C(=O)CN(c1cc(Cl)ccc1C)S(C)(=O)=O. The van der Waals surface area contributed by atoms with E-state index in [2.05, 4.69) is 5.32 Å². The molecule has 0 heterocycles. The number of aryl methyl sites for hydroxylation is 1. The summed E-state index contributed by atoms with van der Waals surface area (Å²) in [5, 5.41) is 3.17. The van der Waals surface area contributed by atoms with Crippen molar-refractivity contribution < 1.29 is 22.4 Å². The molecule has 2 aromatic rings. The molecule has 0 bridgehead atoms. The molecular weight excluding hydrogens is 481 g/mol. The maximum Gasteiger partial charge on any atom is 0.244 e. The summed E-state index contributed by atoms with van der Waals surface area (Å²) in [6, 6.07) is 9.35. The minimum absolute atomic E-state index is 0.000333. The van der Waals surface area contributed by atoms with Gasteiger partial charge in [0.15, 0.2) is 0 Å². The molecule has 0 radical (unpaired) electrons. The molecule has 0 spiro atoms. The molecule has 0 fully saturated rings. The van der Waals surface area contributed by atoms with E-state index >= 15 is 0 Å². The van der Waals surface area contributed by atoms with E-state index in [4.69, 9.17) is 11.6 Å². The topological polar surface area (TPSA) is 86.8 Å². The molecule has 0 aliphatic rings. The van der Waals surface area contributed by atoms with Crippen LogP contribution in [0.4, 0.5) is 10.1 Å². The van der Waals surface area contributed by atoms with Crippen LogP contribution in [-0.2, 0) is 26.2 Å². The van der Waals surface area contributed by atoms with Gasteiger partial charge in [-0.05, 0) is 62.6 Å². The Balaban J connectivity index is 2.42. The van der Waals surface area contributed by atoms with Gasteiger partial charge in [-0.25, -0.2) is 12.8 Å². The van der Waals surface area contributed by atoms with E-state index in [0.717, 1.165) is 10.6 Å². The van der Waals surface area contributed by atoms with Crippen LogP contribution in [0, 0.1) is 12.7 Å². The van der Waals surface area contributed by atoms with Crippen LogP contribution in [0.25, 0.3) is 0 Å². The number of sulfonamides is 1. The first kappa shape index (κ1) is 27.6. The van der Waals surface area contributed by atoms with Crippen molar-refractivity contribution in [3.63, 3.8) is 0 Å². The van der Waals surface area contributed by atoms with Crippen molar-refractivity contribution in [3.05, 3.63) is 64.4 Å². The zero-order chi connectivity index (χ0) is 25.6. The molecule has 0 aromatic heterocycles. The van der Waals surface area contributed by atoms with E-state index < -0.39 is 34.3 Å². The highest BCUT2D eigenvalue weighted by atomic mass is 35.5. The maximum absolute atomic E-state index is 13.5. The van der Waals surface area contributed by atoms with Crippen LogP contribution in [0.5, 0.6) is 0 Å². The van der Waals surface area contributed by atoms with Crippen LogP contribution < -0.4 is 9.62 Å². The summed E-state index contributed by atoms with van der Waals surface area (Å²) in [6.45, 7) is 6.54. The molecule has 10 heteroatoms. The van der Waals surface area contributed by atoms with Crippen LogP contribution in [0.2, 0.25) is 5.02 Å². The van der Waals surface area contributed by atoms with Crippen LogP contribution in [-0.4, -0.2) is 50.0 Å². The molecule has 2 aromatic carbocycles. The third kappa shape index (κ3) is 7.43. The Morgan fingerprint density at radius 2 is 1.74 bits per heavy atom. The maximum atomic E-state index is 13.5. The van der Waals surface area contributed by atoms with Gasteiger partial charge in [0.1, 0.15) is 18.4 Å². The van der Waals surface area contributed by atoms with Crippen molar-refractivity contribution in [2.45, 2.75) is 52.7 Å². The van der Waals surface area contributed by atoms with E-state index in [1.165, 1.54) is 35.2 Å². The number of carbonyl (C=O) groups excluding carboxylic acids is 2. The number of nitrogens with one attached hydrogen (secondary N) is 1. The Labute approximate surface area is 205 Å². The number of hydrogen-bond acceptors (Lipinski definition) is 4. The minimum Gasteiger partial charge on any atom is -0.352 e. The summed E-state index contributed by atoms with van der Waals surface area (Å²) in [6.07, 6.45) is 1.71. The predicted octanol–water partition coefficient (Wildman–Crippen LogP) is 3.89. The molecule has 7 nitrogen and oxygen atoms in total. The molecule has 0 saturated carbocycles. The van der Waals surface area contributed by atoms with Crippen molar-refractivity contribution in [1.82, 2.24) is 10.2 Å². The lowest BCUT2D eigenvalue weighted by molar-refractivity contribution is -0.139. The number of hydrogen-bond donors (Lipinski definition) is 1. The molecule has 2 rings (SSSR count). The summed E-state index contributed by atoms with van der Waals surface area (Å²) in [7, 11) is -3.86. The van der Waals surface area contributed by atoms with Crippen LogP contribution in [0.15, 0.2) is 42.5 Å². The summed E-state index contributed by atoms with van der Waals surface area (Å²) < 4.78 is 39.6. The lowest BCUT2D eigenvalue weighted by atomic mass is 10.1. The van der Waals surface area contributed by atoms with E-state index in [1.807, 2.05) is 13.8 Å². The number of halogens is 2. The van der Waals surface area contributed by atoms with E-state index in [1.54, 1.807) is 26.0 Å². The lowest BCUT2D eigenvalue weighted by Gasteiger charge is -2.32. The van der Waals surface area contributed by atoms with Gasteiger partial charge < -0.3 is 10.2 Å². The van der Waals surface area contributed by atoms with Gasteiger partial charge in [-0.2, -0.15) is 0 Å². The quantitative estimate of drug-likeness (QED) is 0.524. The Kier molecular flexibility index (Phi) is 9.46. The first-order valence-corrected chi connectivity index (χ1v) is 13.1. The monoisotopic (exact) mass is 511 g/mol. The van der Waals surface area contributed by atoms with Gasteiger partial charge in [0, 0.05) is 17.6 Å². The van der Waals surface area contributed by atoms with Gasteiger partial charge in [-0.15, -0.1) is 0 Å². The molecule has 2 atom stereocenters. The third-order valence-electron chi connectivity index (χ3n) is 5.55. The Bertz CT molecular complexity index is 1130. The molecule has 0 unspecified atom stereocenters. The van der Waals surface area contributed by atoms with Crippen LogP contribution in [0.3, 0.4) is 0 Å². The highest BCUT2D eigenvalue weighted by Gasteiger charge is 2.31. The fourth-order valence-electron chi connectivity index (χ4n) is 3.28. The second-order valence-corrected chi connectivity index (χ2v) is 10.7. The second-order valence-electron chi connectivity index (χ2n) is 8.34. The molecule has 34 heavy (non-hydrogen) atoms. The van der Waals surface area contributed by atoms with Crippen LogP contribution >= 0.6 is 11.6 Å². The molecule has 2 amide bonds. The fraction of sp³-hybridized carbons (Fsp3) is 0.417. The van der Waals surface area contributed by atoms with Crippen LogP contribution in [0.1, 0.15) is 38.3 Å². The average Bonchev–Trinajstić information content (AvgIpc) is 2.77. The molecule has 0 saturated heterocycles. The Morgan fingerprint density at radius 1 is 1.12 bits per heavy atom. The van der Waals surface area contributed by atoms with Gasteiger partial charge in [-0.1, -0.05) is 36.7 Å². The molecule has 186 valence electrons. The molecule has 0 aliphatic heterocycles. The molecular formula is C24H31ClFN3O4S. The number of rotatable bonds is 10. The van der Waals surface area contributed by atoms with Gasteiger partial charge in [0.2, 0.25) is 21.8 Å². The standard InChI is InChI=1S/C24H31ClFN3O4S/c1-6-17(3)27-24(31)18(4)28(14-19-8-11-21(26)12-9-19)23(30)15-29(34(5,32)33)22-13-20(25)10-7-16(22)2/h7-13,17-18H,6,14-15H2,1-5H3,(H,27,31)/t17-,18+/m1/s1. The number of carbonyl (C=O) groups is 2. The van der Waals surface area contributed by atoms with E-state index in [-0.39, 0.29) is 24.2 Å². The number of benzene rings is 2. The smallest absolute Gasteiger partial charge is 0.244 e. The van der Waals surface area contributed by atoms with E-state index in [9.17, 15) is 22.4 Å². The predicted molar refractivity (Wildman–Crippen MR) is 133 cm³/mol. The first-order chi connectivity index (χ1) is 15.8. The highest BCUT2D eigenvalue weighted by Crippen LogP contribution is 2.26. The largest absolute Gasteiger partial charge is 0.352 e. The summed E-state index contributed by atoms with van der Waals surface area (Å²) in [5.74, 6) is -1.38. The molecule has 1 N–H and O–H groups in total. The van der Waals surface area contributed by atoms with E-state index in [0.29, 0.717) is 22.6 Å². The zero-order valence-electron chi connectivity index (χ0n) is 20.0. The summed E-state index contributed by atoms with van der Waals surface area (Å²) >= 11 is 6.08. The van der Waals surface area contributed by atoms with Gasteiger partial charge >= 0.3 is 0 Å². The third-order valence-corrected chi connectivity index (χ3v) is 6.92. The van der Waals surface area contributed by atoms with Crippen molar-refractivity contribution in [1.29, 1.82) is 0 Å². The van der Waals surface area contributed by atoms with Gasteiger partial charge in [0.05, 0.1) is 11.9 Å². The normalized spacial score (nSPS) is 13.1. The van der Waals surface area contributed by atoms with Crippen molar-refractivity contribution in [3.8, 4) is 0 Å². The number of amides is 2. The molecule has 0 aliphatic carbocycles. The fourth-order valence-corrected chi connectivity index (χ4v) is 4.35. The average molecular weight is 512 g/mol. The lowest BCUT2D eigenvalue weighted by Crippen LogP contribution is -2.52. The minimum atomic E-state index is -3.86. The second kappa shape index (κ2) is 11.7. The van der Waals surface area contributed by atoms with Crippen molar-refractivity contribution >= 4 is 39.1 Å². The summed E-state index contributed by atoms with van der Waals surface area (Å²) in [5.41, 5.74) is 1.50. The number of nitrogens with zero attached hydrogens (tertiary/aromatic N) is 2. The number of anilines is 1. The van der Waals surface area contributed by atoms with Gasteiger partial charge in [-0.3, -0.25) is 13.9 Å².